The Labute approximate surface area is 88.0 Å². The third-order valence-corrected chi connectivity index (χ3v) is 1.87. The minimum absolute atomic E-state index is 0.247. The average molecular weight is 208 g/mol. The number of halogens is 1. The van der Waals surface area contributed by atoms with Crippen LogP contribution >= 0.6 is 0 Å². The lowest BCUT2D eigenvalue weighted by Gasteiger charge is -2.05. The zero-order chi connectivity index (χ0) is 11.1. The van der Waals surface area contributed by atoms with Gasteiger partial charge in [0.1, 0.15) is 5.82 Å². The van der Waals surface area contributed by atoms with E-state index in [0.29, 0.717) is 18.5 Å². The molecule has 1 aromatic carbocycles. The summed E-state index contributed by atoms with van der Waals surface area (Å²) in [7, 11) is 0. The second-order valence-corrected chi connectivity index (χ2v) is 2.95. The van der Waals surface area contributed by atoms with Gasteiger partial charge >= 0.3 is 6.03 Å². The molecule has 0 unspecified atom stereocenters. The zero-order valence-corrected chi connectivity index (χ0v) is 8.29. The van der Waals surface area contributed by atoms with Crippen LogP contribution in [0.25, 0.3) is 0 Å². The van der Waals surface area contributed by atoms with Gasteiger partial charge in [-0.1, -0.05) is 24.8 Å². The van der Waals surface area contributed by atoms with Crippen molar-refractivity contribution in [3.63, 3.8) is 0 Å². The van der Waals surface area contributed by atoms with Crippen LogP contribution in [0.4, 0.5) is 9.18 Å². The van der Waals surface area contributed by atoms with Crippen LogP contribution in [0, 0.1) is 5.82 Å². The molecule has 0 saturated carbocycles. The molecule has 15 heavy (non-hydrogen) atoms. The monoisotopic (exact) mass is 208 g/mol. The smallest absolute Gasteiger partial charge is 0.318 e. The molecule has 2 N–H and O–H groups in total. The van der Waals surface area contributed by atoms with Gasteiger partial charge in [-0.2, -0.15) is 0 Å². The largest absolute Gasteiger partial charge is 0.338 e. The Balaban J connectivity index is 2.35. The van der Waals surface area contributed by atoms with Crippen molar-refractivity contribution >= 4 is 6.03 Å². The molecule has 0 aromatic heterocycles. The number of hydrogen-bond donors (Lipinski definition) is 2. The van der Waals surface area contributed by atoms with E-state index in [-0.39, 0.29) is 11.8 Å². The van der Waals surface area contributed by atoms with E-state index in [0.717, 1.165) is 0 Å². The van der Waals surface area contributed by atoms with Gasteiger partial charge in [0.25, 0.3) is 0 Å². The van der Waals surface area contributed by atoms with Crippen molar-refractivity contribution in [3.8, 4) is 0 Å². The molecule has 0 heterocycles. The Kier molecular flexibility index (Phi) is 4.34. The molecule has 0 radical (unpaired) electrons. The van der Waals surface area contributed by atoms with Crippen molar-refractivity contribution in [2.75, 3.05) is 6.54 Å². The van der Waals surface area contributed by atoms with Gasteiger partial charge in [0.15, 0.2) is 0 Å². The number of benzene rings is 1. The quantitative estimate of drug-likeness (QED) is 0.778. The molecule has 0 saturated heterocycles. The number of urea groups is 1. The third-order valence-electron chi connectivity index (χ3n) is 1.87. The lowest BCUT2D eigenvalue weighted by molar-refractivity contribution is 0.244. The molecule has 4 heteroatoms. The lowest BCUT2D eigenvalue weighted by Crippen LogP contribution is -2.33. The normalized spacial score (nSPS) is 9.40. The summed E-state index contributed by atoms with van der Waals surface area (Å²) in [6.07, 6.45) is 1.76. The first-order chi connectivity index (χ1) is 7.24. The van der Waals surface area contributed by atoms with Crippen molar-refractivity contribution in [3.05, 3.63) is 48.4 Å². The topological polar surface area (TPSA) is 41.1 Å². The molecule has 1 aromatic rings. The molecule has 80 valence electrons. The zero-order valence-electron chi connectivity index (χ0n) is 8.29. The minimum Gasteiger partial charge on any atom is -0.338 e. The maximum Gasteiger partial charge on any atom is 0.318 e. The van der Waals surface area contributed by atoms with E-state index in [4.69, 9.17) is 0 Å². The van der Waals surface area contributed by atoms with Crippen LogP contribution in [0.15, 0.2) is 37.0 Å². The molecule has 0 bridgehead atoms. The number of nitrogens with one attached hydrogen (secondary N) is 2. The molecule has 3 nitrogen and oxygen atoms in total. The second kappa shape index (κ2) is 5.80. The standard InChI is InChI=1S/C11H13FN2O/c1-2-13-11(15)14-8-7-9-5-3-4-6-10(9)12/h2-6H,1,7-8H2,(H2,13,14,15). The highest BCUT2D eigenvalue weighted by Gasteiger charge is 2.01. The highest BCUT2D eigenvalue weighted by atomic mass is 19.1. The molecule has 0 fully saturated rings. The van der Waals surface area contributed by atoms with Crippen molar-refractivity contribution in [2.24, 2.45) is 0 Å². The van der Waals surface area contributed by atoms with Crippen LogP contribution in [0.3, 0.4) is 0 Å². The molecular weight excluding hydrogens is 195 g/mol. The summed E-state index contributed by atoms with van der Waals surface area (Å²) >= 11 is 0. The van der Waals surface area contributed by atoms with Crippen LogP contribution in [0.1, 0.15) is 5.56 Å². The molecule has 0 aliphatic carbocycles. The Bertz CT molecular complexity index is 352. The van der Waals surface area contributed by atoms with Crippen LogP contribution in [0.2, 0.25) is 0 Å². The SMILES string of the molecule is C=CNC(=O)NCCc1ccccc1F. The summed E-state index contributed by atoms with van der Waals surface area (Å²) in [5.41, 5.74) is 0.594. The first-order valence-electron chi connectivity index (χ1n) is 4.62. The number of amides is 2. The summed E-state index contributed by atoms with van der Waals surface area (Å²) in [6.45, 7) is 3.74. The first-order valence-corrected chi connectivity index (χ1v) is 4.62. The van der Waals surface area contributed by atoms with Gasteiger partial charge in [-0.15, -0.1) is 0 Å². The molecule has 2 amide bonds. The lowest BCUT2D eigenvalue weighted by atomic mass is 10.1. The van der Waals surface area contributed by atoms with Gasteiger partial charge in [-0.25, -0.2) is 9.18 Å². The van der Waals surface area contributed by atoms with Crippen LogP contribution in [0.5, 0.6) is 0 Å². The van der Waals surface area contributed by atoms with Gasteiger partial charge in [0.05, 0.1) is 0 Å². The van der Waals surface area contributed by atoms with E-state index >= 15 is 0 Å². The Morgan fingerprint density at radius 3 is 2.87 bits per heavy atom. The fourth-order valence-electron chi connectivity index (χ4n) is 1.16. The highest BCUT2D eigenvalue weighted by molar-refractivity contribution is 5.74. The van der Waals surface area contributed by atoms with Crippen molar-refractivity contribution in [2.45, 2.75) is 6.42 Å². The number of carbonyl (C=O) groups is 1. The van der Waals surface area contributed by atoms with E-state index in [1.54, 1.807) is 18.2 Å². The predicted octanol–water partition coefficient (Wildman–Crippen LogP) is 1.81. The van der Waals surface area contributed by atoms with Crippen LogP contribution in [-0.2, 0) is 6.42 Å². The molecule has 0 spiro atoms. The molecule has 0 aliphatic rings. The Morgan fingerprint density at radius 2 is 2.20 bits per heavy atom. The number of rotatable bonds is 4. The summed E-state index contributed by atoms with van der Waals surface area (Å²) < 4.78 is 13.1. The van der Waals surface area contributed by atoms with Crippen molar-refractivity contribution in [1.82, 2.24) is 10.6 Å². The van der Waals surface area contributed by atoms with Crippen LogP contribution in [-0.4, -0.2) is 12.6 Å². The fraction of sp³-hybridized carbons (Fsp3) is 0.182. The average Bonchev–Trinajstić information content (AvgIpc) is 2.21. The third kappa shape index (κ3) is 3.81. The van der Waals surface area contributed by atoms with Gasteiger partial charge in [-0.3, -0.25) is 0 Å². The Morgan fingerprint density at radius 1 is 1.47 bits per heavy atom. The molecule has 0 aliphatic heterocycles. The predicted molar refractivity (Wildman–Crippen MR) is 56.8 cm³/mol. The fourth-order valence-corrected chi connectivity index (χ4v) is 1.16. The van der Waals surface area contributed by atoms with E-state index in [1.165, 1.54) is 12.3 Å². The summed E-state index contributed by atoms with van der Waals surface area (Å²) in [5.74, 6) is -0.247. The summed E-state index contributed by atoms with van der Waals surface area (Å²) in [4.78, 5) is 10.9. The molecular formula is C11H13FN2O. The van der Waals surface area contributed by atoms with Gasteiger partial charge in [0, 0.05) is 6.54 Å². The Hall–Kier alpha value is -1.84. The van der Waals surface area contributed by atoms with E-state index < -0.39 is 0 Å². The van der Waals surface area contributed by atoms with Crippen molar-refractivity contribution < 1.29 is 9.18 Å². The number of hydrogen-bond acceptors (Lipinski definition) is 1. The van der Waals surface area contributed by atoms with Gasteiger partial charge in [0.2, 0.25) is 0 Å². The highest BCUT2D eigenvalue weighted by Crippen LogP contribution is 2.05. The van der Waals surface area contributed by atoms with Gasteiger partial charge < -0.3 is 10.6 Å². The molecule has 1 rings (SSSR count). The maximum atomic E-state index is 13.1. The van der Waals surface area contributed by atoms with E-state index in [2.05, 4.69) is 17.2 Å². The molecule has 0 atom stereocenters. The van der Waals surface area contributed by atoms with Crippen LogP contribution < -0.4 is 10.6 Å². The summed E-state index contributed by atoms with van der Waals surface area (Å²) in [5, 5.41) is 4.94. The first kappa shape index (κ1) is 11.2. The van der Waals surface area contributed by atoms with E-state index in [1.807, 2.05) is 0 Å². The van der Waals surface area contributed by atoms with E-state index in [9.17, 15) is 9.18 Å². The van der Waals surface area contributed by atoms with Crippen molar-refractivity contribution in [1.29, 1.82) is 0 Å². The maximum absolute atomic E-state index is 13.1. The second-order valence-electron chi connectivity index (χ2n) is 2.95. The van der Waals surface area contributed by atoms with Gasteiger partial charge in [-0.05, 0) is 24.3 Å². The minimum atomic E-state index is -0.332. The summed E-state index contributed by atoms with van der Waals surface area (Å²) in [6, 6.07) is 6.17. The number of carbonyl (C=O) groups excluding carboxylic acids is 1.